The van der Waals surface area contributed by atoms with Crippen molar-refractivity contribution in [1.29, 1.82) is 0 Å². The Balaban J connectivity index is 3.02. The lowest BCUT2D eigenvalue weighted by Gasteiger charge is -2.22. The monoisotopic (exact) mass is 225 g/mol. The molecular weight excluding hydrogens is 206 g/mol. The third-order valence-electron chi connectivity index (χ3n) is 2.32. The van der Waals surface area contributed by atoms with Crippen molar-refractivity contribution in [3.8, 4) is 0 Å². The molecule has 1 aromatic heterocycles. The van der Waals surface area contributed by atoms with E-state index >= 15 is 0 Å². The lowest BCUT2D eigenvalue weighted by molar-refractivity contribution is 0.732. The molecule has 0 aliphatic rings. The molecule has 84 valence electrons. The van der Waals surface area contributed by atoms with Gasteiger partial charge in [-0.05, 0) is 33.8 Å². The van der Waals surface area contributed by atoms with E-state index in [1.807, 2.05) is 19.9 Å². The van der Waals surface area contributed by atoms with Gasteiger partial charge in [-0.25, -0.2) is 9.97 Å². The van der Waals surface area contributed by atoms with Crippen LogP contribution in [0.3, 0.4) is 0 Å². The molecule has 0 spiro atoms. The van der Waals surface area contributed by atoms with Gasteiger partial charge in [0.1, 0.15) is 0 Å². The lowest BCUT2D eigenvalue weighted by Crippen LogP contribution is -2.25. The molecule has 15 heavy (non-hydrogen) atoms. The first-order valence-electron chi connectivity index (χ1n) is 5.29. The topological polar surface area (TPSA) is 29.0 Å². The van der Waals surface area contributed by atoms with Gasteiger partial charge in [0, 0.05) is 24.0 Å². The van der Waals surface area contributed by atoms with E-state index in [-0.39, 0.29) is 4.75 Å². The minimum atomic E-state index is -0.217. The van der Waals surface area contributed by atoms with Crippen LogP contribution in [-0.4, -0.2) is 23.1 Å². The molecule has 0 aromatic carbocycles. The molecule has 0 bridgehead atoms. The fourth-order valence-corrected chi connectivity index (χ4v) is 1.47. The Kier molecular flexibility index (Phi) is 3.97. The van der Waals surface area contributed by atoms with Crippen LogP contribution in [0.25, 0.3) is 0 Å². The van der Waals surface area contributed by atoms with E-state index in [2.05, 4.69) is 41.3 Å². The van der Waals surface area contributed by atoms with Crippen LogP contribution < -0.4 is 4.90 Å². The SMILES string of the molecule is CCN(CC)c1nccc(C(C)(C)S)n1. The molecule has 3 nitrogen and oxygen atoms in total. The largest absolute Gasteiger partial charge is 0.341 e. The second-order valence-corrected chi connectivity index (χ2v) is 5.09. The van der Waals surface area contributed by atoms with Gasteiger partial charge in [0.2, 0.25) is 5.95 Å². The fraction of sp³-hybridized carbons (Fsp3) is 0.636. The summed E-state index contributed by atoms with van der Waals surface area (Å²) < 4.78 is -0.217. The summed E-state index contributed by atoms with van der Waals surface area (Å²) in [6.07, 6.45) is 1.80. The summed E-state index contributed by atoms with van der Waals surface area (Å²) in [6.45, 7) is 10.1. The van der Waals surface area contributed by atoms with E-state index in [1.54, 1.807) is 6.20 Å². The minimum Gasteiger partial charge on any atom is -0.341 e. The van der Waals surface area contributed by atoms with Crippen molar-refractivity contribution < 1.29 is 0 Å². The van der Waals surface area contributed by atoms with Gasteiger partial charge in [-0.1, -0.05) is 0 Å². The Morgan fingerprint density at radius 2 is 1.93 bits per heavy atom. The zero-order chi connectivity index (χ0) is 11.5. The van der Waals surface area contributed by atoms with Gasteiger partial charge in [-0.2, -0.15) is 12.6 Å². The summed E-state index contributed by atoms with van der Waals surface area (Å²) in [4.78, 5) is 10.9. The summed E-state index contributed by atoms with van der Waals surface area (Å²) in [5.74, 6) is 0.791. The van der Waals surface area contributed by atoms with Crippen LogP contribution in [0.2, 0.25) is 0 Å². The highest BCUT2D eigenvalue weighted by molar-refractivity contribution is 7.81. The number of thiol groups is 1. The third kappa shape index (κ3) is 3.09. The predicted octanol–water partition coefficient (Wildman–Crippen LogP) is 2.49. The minimum absolute atomic E-state index is 0.217. The highest BCUT2D eigenvalue weighted by atomic mass is 32.1. The molecule has 0 N–H and O–H groups in total. The molecule has 0 saturated carbocycles. The fourth-order valence-electron chi connectivity index (χ4n) is 1.35. The molecule has 0 unspecified atom stereocenters. The number of nitrogens with zero attached hydrogens (tertiary/aromatic N) is 3. The Morgan fingerprint density at radius 3 is 2.40 bits per heavy atom. The maximum Gasteiger partial charge on any atom is 0.225 e. The van der Waals surface area contributed by atoms with Crippen molar-refractivity contribution in [2.45, 2.75) is 32.4 Å². The van der Waals surface area contributed by atoms with Gasteiger partial charge < -0.3 is 4.90 Å². The highest BCUT2D eigenvalue weighted by Gasteiger charge is 2.18. The zero-order valence-corrected chi connectivity index (χ0v) is 10.8. The Morgan fingerprint density at radius 1 is 1.33 bits per heavy atom. The molecular formula is C11H19N3S. The van der Waals surface area contributed by atoms with Crippen molar-refractivity contribution in [1.82, 2.24) is 9.97 Å². The van der Waals surface area contributed by atoms with Crippen molar-refractivity contribution >= 4 is 18.6 Å². The Labute approximate surface area is 97.3 Å². The summed E-state index contributed by atoms with van der Waals surface area (Å²) in [6, 6.07) is 1.92. The van der Waals surface area contributed by atoms with E-state index in [1.165, 1.54) is 0 Å². The molecule has 0 fully saturated rings. The van der Waals surface area contributed by atoms with E-state index < -0.39 is 0 Å². The van der Waals surface area contributed by atoms with Crippen LogP contribution in [0.15, 0.2) is 12.3 Å². The second-order valence-electron chi connectivity index (χ2n) is 3.97. The first-order chi connectivity index (χ1) is 6.99. The van der Waals surface area contributed by atoms with E-state index in [0.717, 1.165) is 24.7 Å². The van der Waals surface area contributed by atoms with Crippen molar-refractivity contribution in [2.75, 3.05) is 18.0 Å². The number of hydrogen-bond acceptors (Lipinski definition) is 4. The lowest BCUT2D eigenvalue weighted by atomic mass is 10.1. The van der Waals surface area contributed by atoms with Gasteiger partial charge in [0.05, 0.1) is 5.69 Å². The second kappa shape index (κ2) is 4.84. The average molecular weight is 225 g/mol. The number of anilines is 1. The molecule has 1 aromatic rings. The summed E-state index contributed by atoms with van der Waals surface area (Å²) in [7, 11) is 0. The smallest absolute Gasteiger partial charge is 0.225 e. The van der Waals surface area contributed by atoms with Crippen LogP contribution in [0.5, 0.6) is 0 Å². The van der Waals surface area contributed by atoms with Crippen LogP contribution in [-0.2, 0) is 4.75 Å². The van der Waals surface area contributed by atoms with Gasteiger partial charge in [-0.15, -0.1) is 0 Å². The molecule has 0 radical (unpaired) electrons. The van der Waals surface area contributed by atoms with Crippen molar-refractivity contribution in [3.05, 3.63) is 18.0 Å². The third-order valence-corrected chi connectivity index (χ3v) is 2.55. The standard InChI is InChI=1S/C11H19N3S/c1-5-14(6-2)10-12-8-7-9(13-10)11(3,4)15/h7-8,15H,5-6H2,1-4H3. The molecule has 0 atom stereocenters. The van der Waals surface area contributed by atoms with Crippen LogP contribution in [0.4, 0.5) is 5.95 Å². The maximum absolute atomic E-state index is 4.52. The molecule has 1 rings (SSSR count). The highest BCUT2D eigenvalue weighted by Crippen LogP contribution is 2.25. The Bertz CT molecular complexity index is 316. The van der Waals surface area contributed by atoms with E-state index in [0.29, 0.717) is 0 Å². The quantitative estimate of drug-likeness (QED) is 0.798. The molecule has 1 heterocycles. The van der Waals surface area contributed by atoms with Gasteiger partial charge >= 0.3 is 0 Å². The maximum atomic E-state index is 4.52. The zero-order valence-electron chi connectivity index (χ0n) is 9.86. The molecule has 0 saturated heterocycles. The van der Waals surface area contributed by atoms with Gasteiger partial charge in [0.25, 0.3) is 0 Å². The van der Waals surface area contributed by atoms with Gasteiger partial charge in [0.15, 0.2) is 0 Å². The number of rotatable bonds is 4. The summed E-state index contributed by atoms with van der Waals surface area (Å²) in [5.41, 5.74) is 0.961. The number of aromatic nitrogens is 2. The van der Waals surface area contributed by atoms with E-state index in [9.17, 15) is 0 Å². The summed E-state index contributed by atoms with van der Waals surface area (Å²) in [5, 5.41) is 0. The van der Waals surface area contributed by atoms with E-state index in [4.69, 9.17) is 0 Å². The van der Waals surface area contributed by atoms with Crippen LogP contribution in [0, 0.1) is 0 Å². The predicted molar refractivity (Wildman–Crippen MR) is 67.6 cm³/mol. The van der Waals surface area contributed by atoms with Gasteiger partial charge in [-0.3, -0.25) is 0 Å². The first-order valence-corrected chi connectivity index (χ1v) is 5.74. The average Bonchev–Trinajstić information content (AvgIpc) is 2.19. The molecule has 0 aliphatic carbocycles. The van der Waals surface area contributed by atoms with Crippen molar-refractivity contribution in [2.24, 2.45) is 0 Å². The molecule has 4 heteroatoms. The summed E-state index contributed by atoms with van der Waals surface area (Å²) >= 11 is 4.51. The Hall–Kier alpha value is -0.770. The number of hydrogen-bond donors (Lipinski definition) is 1. The van der Waals surface area contributed by atoms with Crippen LogP contribution in [0.1, 0.15) is 33.4 Å². The first kappa shape index (κ1) is 12.3. The molecule has 0 aliphatic heterocycles. The normalized spacial score (nSPS) is 11.5. The van der Waals surface area contributed by atoms with Crippen molar-refractivity contribution in [3.63, 3.8) is 0 Å². The molecule has 0 amide bonds. The van der Waals surface area contributed by atoms with Crippen LogP contribution >= 0.6 is 12.6 Å².